The number of aliphatic hydroxyl groups excluding tert-OH is 1. The molecule has 2 N–H and O–H groups in total. The number of anilines is 1. The van der Waals surface area contributed by atoms with Crippen LogP contribution >= 0.6 is 0 Å². The Morgan fingerprint density at radius 2 is 2.00 bits per heavy atom. The summed E-state index contributed by atoms with van der Waals surface area (Å²) in [6.45, 7) is 4.90. The molecule has 3 rings (SSSR count). The Labute approximate surface area is 166 Å². The minimum atomic E-state index is -1.45. The molecule has 0 radical (unpaired) electrons. The van der Waals surface area contributed by atoms with Gasteiger partial charge in [-0.25, -0.2) is 9.97 Å². The van der Waals surface area contributed by atoms with Crippen molar-refractivity contribution < 1.29 is 33.7 Å². The molecule has 1 saturated heterocycles. The van der Waals surface area contributed by atoms with Crippen molar-refractivity contribution in [2.45, 2.75) is 51.7 Å². The number of nitrogens with zero attached hydrogens (tertiary/aromatic N) is 3. The highest BCUT2D eigenvalue weighted by atomic mass is 16.7. The van der Waals surface area contributed by atoms with Crippen molar-refractivity contribution in [2.24, 2.45) is 0 Å². The Balaban J connectivity index is 2.11. The quantitative estimate of drug-likeness (QED) is 0.680. The van der Waals surface area contributed by atoms with Gasteiger partial charge in [-0.15, -0.1) is 0 Å². The smallest absolute Gasteiger partial charge is 0.303 e. The molecule has 2 aromatic rings. The molecule has 0 bridgehead atoms. The zero-order valence-corrected chi connectivity index (χ0v) is 16.4. The number of fused-ring (bicyclic) bond motifs is 1. The third kappa shape index (κ3) is 3.78. The summed E-state index contributed by atoms with van der Waals surface area (Å²) in [6.07, 6.45) is -0.0439. The minimum Gasteiger partial charge on any atom is -0.455 e. The number of carbonyl (C=O) groups is 3. The Morgan fingerprint density at radius 3 is 2.59 bits per heavy atom. The van der Waals surface area contributed by atoms with E-state index in [4.69, 9.17) is 14.2 Å². The molecule has 11 heteroatoms. The van der Waals surface area contributed by atoms with Crippen LogP contribution in [0, 0.1) is 0 Å². The van der Waals surface area contributed by atoms with Gasteiger partial charge in [0.2, 0.25) is 5.91 Å². The lowest BCUT2D eigenvalue weighted by atomic mass is 9.95. The van der Waals surface area contributed by atoms with E-state index in [2.05, 4.69) is 15.3 Å². The number of rotatable bonds is 5. The molecule has 156 valence electrons. The van der Waals surface area contributed by atoms with Gasteiger partial charge < -0.3 is 29.2 Å². The van der Waals surface area contributed by atoms with Gasteiger partial charge in [0, 0.05) is 27.0 Å². The molecule has 0 spiro atoms. The second-order valence-electron chi connectivity index (χ2n) is 6.88. The number of amides is 1. The maximum Gasteiger partial charge on any atom is 0.303 e. The fraction of sp³-hybridized carbons (Fsp3) is 0.500. The first-order valence-electron chi connectivity index (χ1n) is 8.89. The molecular weight excluding hydrogens is 384 g/mol. The molecule has 11 nitrogen and oxygen atoms in total. The molecule has 0 aromatic carbocycles. The lowest BCUT2D eigenvalue weighted by molar-refractivity contribution is -0.184. The summed E-state index contributed by atoms with van der Waals surface area (Å²) >= 11 is 0. The van der Waals surface area contributed by atoms with Crippen molar-refractivity contribution in [3.63, 3.8) is 0 Å². The maximum atomic E-state index is 11.8. The summed E-state index contributed by atoms with van der Waals surface area (Å²) in [7, 11) is 0. The van der Waals surface area contributed by atoms with Crippen LogP contribution in [0.3, 0.4) is 0 Å². The molecule has 1 amide bonds. The normalized spacial score (nSPS) is 26.3. The first-order valence-corrected chi connectivity index (χ1v) is 8.89. The number of ether oxygens (including phenoxy) is 3. The van der Waals surface area contributed by atoms with E-state index in [1.54, 1.807) is 23.8 Å². The van der Waals surface area contributed by atoms with Gasteiger partial charge in [-0.1, -0.05) is 0 Å². The van der Waals surface area contributed by atoms with E-state index in [0.717, 1.165) is 0 Å². The number of aliphatic hydroxyl groups is 1. The number of esters is 2. The van der Waals surface area contributed by atoms with Gasteiger partial charge in [-0.3, -0.25) is 14.4 Å². The highest BCUT2D eigenvalue weighted by Gasteiger charge is 2.59. The number of carbonyl (C=O) groups excluding carboxylic acids is 3. The molecule has 1 unspecified atom stereocenters. The summed E-state index contributed by atoms with van der Waals surface area (Å²) in [5.74, 6) is -1.20. The number of hydrogen-bond acceptors (Lipinski definition) is 9. The number of nitrogens with one attached hydrogen (secondary N) is 1. The number of hydrogen-bond donors (Lipinski definition) is 2. The van der Waals surface area contributed by atoms with Gasteiger partial charge in [0.15, 0.2) is 17.9 Å². The van der Waals surface area contributed by atoms with Crippen LogP contribution in [-0.4, -0.2) is 61.9 Å². The Morgan fingerprint density at radius 1 is 1.28 bits per heavy atom. The average Bonchev–Trinajstić information content (AvgIpc) is 3.14. The Bertz CT molecular complexity index is 959. The van der Waals surface area contributed by atoms with Crippen LogP contribution in [0.25, 0.3) is 11.0 Å². The zero-order valence-electron chi connectivity index (χ0n) is 16.4. The largest absolute Gasteiger partial charge is 0.455 e. The van der Waals surface area contributed by atoms with Crippen molar-refractivity contribution >= 4 is 34.7 Å². The molecular formula is C18H22N4O7. The second kappa shape index (κ2) is 7.76. The molecule has 1 fully saturated rings. The van der Waals surface area contributed by atoms with E-state index in [1.165, 1.54) is 27.1 Å². The van der Waals surface area contributed by atoms with Gasteiger partial charge in [0.05, 0.1) is 12.0 Å². The van der Waals surface area contributed by atoms with E-state index >= 15 is 0 Å². The fourth-order valence-corrected chi connectivity index (χ4v) is 3.58. The van der Waals surface area contributed by atoms with Gasteiger partial charge in [-0.2, -0.15) is 0 Å². The molecule has 29 heavy (non-hydrogen) atoms. The first-order chi connectivity index (χ1) is 13.7. The standard InChI is InChI=1S/C18H22N4O7/c1-9(24)21-15-12-5-6-22(16(12)20-8-19-15)17-18(4,29-11(3)26)14(27-10(2)25)13(7-23)28-17/h5-6,8,13-14,17,23H,7H2,1-4H3,(H,19,20,21,24)/t13-,14?,17-,18-/m1/s1. The Kier molecular flexibility index (Phi) is 5.53. The van der Waals surface area contributed by atoms with E-state index in [0.29, 0.717) is 16.9 Å². The van der Waals surface area contributed by atoms with Crippen LogP contribution in [0.4, 0.5) is 5.82 Å². The zero-order chi connectivity index (χ0) is 21.3. The van der Waals surface area contributed by atoms with Crippen LogP contribution in [0.1, 0.15) is 33.9 Å². The van der Waals surface area contributed by atoms with Crippen molar-refractivity contribution in [3.8, 4) is 0 Å². The molecule has 2 aromatic heterocycles. The third-order valence-electron chi connectivity index (χ3n) is 4.59. The summed E-state index contributed by atoms with van der Waals surface area (Å²) in [5, 5.41) is 12.9. The van der Waals surface area contributed by atoms with Crippen molar-refractivity contribution in [3.05, 3.63) is 18.6 Å². The summed E-state index contributed by atoms with van der Waals surface area (Å²) in [5.41, 5.74) is -1.05. The second-order valence-corrected chi connectivity index (χ2v) is 6.88. The van der Waals surface area contributed by atoms with Crippen molar-refractivity contribution in [1.29, 1.82) is 0 Å². The molecule has 0 saturated carbocycles. The monoisotopic (exact) mass is 406 g/mol. The van der Waals surface area contributed by atoms with E-state index in [1.807, 2.05) is 0 Å². The molecule has 1 aliphatic heterocycles. The minimum absolute atomic E-state index is 0.296. The van der Waals surface area contributed by atoms with E-state index in [-0.39, 0.29) is 5.91 Å². The third-order valence-corrected chi connectivity index (χ3v) is 4.59. The topological polar surface area (TPSA) is 142 Å². The van der Waals surface area contributed by atoms with Crippen molar-refractivity contribution in [2.75, 3.05) is 11.9 Å². The van der Waals surface area contributed by atoms with Gasteiger partial charge in [-0.05, 0) is 13.0 Å². The van der Waals surface area contributed by atoms with Gasteiger partial charge in [0.25, 0.3) is 0 Å². The predicted molar refractivity (Wildman–Crippen MR) is 98.6 cm³/mol. The molecule has 0 aliphatic carbocycles. The van der Waals surface area contributed by atoms with E-state index < -0.39 is 42.6 Å². The molecule has 3 heterocycles. The number of aromatic nitrogens is 3. The van der Waals surface area contributed by atoms with Crippen LogP contribution in [0.15, 0.2) is 18.6 Å². The van der Waals surface area contributed by atoms with Crippen molar-refractivity contribution in [1.82, 2.24) is 14.5 Å². The maximum absolute atomic E-state index is 11.8. The highest BCUT2D eigenvalue weighted by Crippen LogP contribution is 2.44. The molecule has 1 aliphatic rings. The SMILES string of the molecule is CC(=O)Nc1ncnc2c1ccn2[C@@H]1O[C@H](CO)C(OC(C)=O)[C@@]1(C)OC(C)=O. The first kappa shape index (κ1) is 20.7. The van der Waals surface area contributed by atoms with Crippen LogP contribution < -0.4 is 5.32 Å². The average molecular weight is 406 g/mol. The van der Waals surface area contributed by atoms with E-state index in [9.17, 15) is 19.5 Å². The highest BCUT2D eigenvalue weighted by molar-refractivity contribution is 5.97. The van der Waals surface area contributed by atoms with Gasteiger partial charge >= 0.3 is 11.9 Å². The lowest BCUT2D eigenvalue weighted by Crippen LogP contribution is -2.49. The van der Waals surface area contributed by atoms with Crippen LogP contribution in [-0.2, 0) is 28.6 Å². The van der Waals surface area contributed by atoms with Crippen LogP contribution in [0.2, 0.25) is 0 Å². The predicted octanol–water partition coefficient (Wildman–Crippen LogP) is 0.533. The lowest BCUT2D eigenvalue weighted by Gasteiger charge is -2.34. The van der Waals surface area contributed by atoms with Crippen LogP contribution in [0.5, 0.6) is 0 Å². The molecule has 4 atom stereocenters. The van der Waals surface area contributed by atoms with Gasteiger partial charge in [0.1, 0.15) is 23.9 Å². The summed E-state index contributed by atoms with van der Waals surface area (Å²) in [6, 6.07) is 1.67. The fourth-order valence-electron chi connectivity index (χ4n) is 3.58. The Hall–Kier alpha value is -3.05. The summed E-state index contributed by atoms with van der Waals surface area (Å²) in [4.78, 5) is 43.2. The summed E-state index contributed by atoms with van der Waals surface area (Å²) < 4.78 is 18.4.